The molecule has 4 aliphatic rings. The quantitative estimate of drug-likeness (QED) is 0.277. The number of anilines is 2. The Kier molecular flexibility index (Phi) is 6.88. The number of hydrogen-bond donors (Lipinski definition) is 1. The Labute approximate surface area is 268 Å². The molecule has 6 unspecified atom stereocenters. The number of halogens is 1. The number of para-hydroxylation sites is 1. The number of rotatable bonds is 5. The van der Waals surface area contributed by atoms with E-state index in [-0.39, 0.29) is 35.8 Å². The van der Waals surface area contributed by atoms with Crippen molar-refractivity contribution in [2.24, 2.45) is 29.1 Å². The Morgan fingerprint density at radius 1 is 0.822 bits per heavy atom. The van der Waals surface area contributed by atoms with Crippen LogP contribution in [0.25, 0.3) is 0 Å². The topological polar surface area (TPSA) is 113 Å². The second kappa shape index (κ2) is 10.6. The third kappa shape index (κ3) is 4.11. The van der Waals surface area contributed by atoms with Gasteiger partial charge in [0.25, 0.3) is 0 Å². The molecule has 7 rings (SSSR count). The number of carbonyl (C=O) groups excluding carboxylic acids is 4. The van der Waals surface area contributed by atoms with Crippen LogP contribution in [0.2, 0.25) is 0 Å². The van der Waals surface area contributed by atoms with Gasteiger partial charge in [-0.2, -0.15) is 0 Å². The number of methoxy groups -OCH3 is 2. The van der Waals surface area contributed by atoms with E-state index in [1.807, 2.05) is 12.1 Å². The van der Waals surface area contributed by atoms with Crippen molar-refractivity contribution < 1.29 is 33.8 Å². The molecule has 3 fully saturated rings. The molecule has 0 aromatic heterocycles. The second-order valence-corrected chi connectivity index (χ2v) is 13.2. The summed E-state index contributed by atoms with van der Waals surface area (Å²) in [5.41, 5.74) is 0.987. The van der Waals surface area contributed by atoms with Crippen molar-refractivity contribution >= 4 is 50.9 Å². The van der Waals surface area contributed by atoms with Crippen LogP contribution in [0.5, 0.6) is 17.2 Å². The van der Waals surface area contributed by atoms with Crippen molar-refractivity contribution in [2.45, 2.75) is 25.7 Å². The maximum atomic E-state index is 14.6. The molecule has 45 heavy (non-hydrogen) atoms. The average molecular weight is 672 g/mol. The molecular formula is C35H31BrN2O7. The SMILES string of the molecule is COc1cc(O)cc(OC)c1C1C2=CCC3C(=O)N(c4ccc(Br)cc4)C(=O)C3C2CC2C(=O)N(c3ccccc3)C(=O)C21C. The number of nitrogens with zero attached hydrogens (tertiary/aromatic N) is 2. The molecule has 0 radical (unpaired) electrons. The Morgan fingerprint density at radius 2 is 1.44 bits per heavy atom. The zero-order chi connectivity index (χ0) is 31.8. The summed E-state index contributed by atoms with van der Waals surface area (Å²) in [7, 11) is 2.94. The van der Waals surface area contributed by atoms with Gasteiger partial charge in [-0.1, -0.05) is 45.8 Å². The smallest absolute Gasteiger partial charge is 0.241 e. The van der Waals surface area contributed by atoms with E-state index in [4.69, 9.17) is 9.47 Å². The van der Waals surface area contributed by atoms with Crippen molar-refractivity contribution in [1.82, 2.24) is 0 Å². The Morgan fingerprint density at radius 3 is 2.07 bits per heavy atom. The largest absolute Gasteiger partial charge is 0.508 e. The van der Waals surface area contributed by atoms with E-state index in [0.29, 0.717) is 34.9 Å². The molecule has 9 nitrogen and oxygen atoms in total. The summed E-state index contributed by atoms with van der Waals surface area (Å²) in [6.07, 6.45) is 2.51. The predicted molar refractivity (Wildman–Crippen MR) is 169 cm³/mol. The summed E-state index contributed by atoms with van der Waals surface area (Å²) in [5, 5.41) is 10.5. The van der Waals surface area contributed by atoms with Gasteiger partial charge in [0.1, 0.15) is 17.2 Å². The Balaban J connectivity index is 1.42. The number of aromatic hydroxyl groups is 1. The number of allylic oxidation sites excluding steroid dienone is 2. The highest BCUT2D eigenvalue weighted by Crippen LogP contribution is 2.65. The first kappa shape index (κ1) is 29.3. The summed E-state index contributed by atoms with van der Waals surface area (Å²) < 4.78 is 12.4. The van der Waals surface area contributed by atoms with Crippen LogP contribution >= 0.6 is 15.9 Å². The minimum atomic E-state index is -1.28. The predicted octanol–water partition coefficient (Wildman–Crippen LogP) is 5.61. The van der Waals surface area contributed by atoms with Gasteiger partial charge >= 0.3 is 0 Å². The number of benzene rings is 3. The zero-order valence-electron chi connectivity index (χ0n) is 24.9. The highest BCUT2D eigenvalue weighted by Gasteiger charge is 2.68. The zero-order valence-corrected chi connectivity index (χ0v) is 26.5. The molecule has 1 saturated carbocycles. The molecule has 2 saturated heterocycles. The molecule has 1 N–H and O–H groups in total. The van der Waals surface area contributed by atoms with E-state index in [0.717, 1.165) is 10.0 Å². The molecule has 0 bridgehead atoms. The standard InChI is InChI=1S/C35H31BrN2O7/c1-35-25(32(41)38(34(35)43)19-7-5-4-6-8-19)17-24-22(30(35)29-26(44-2)15-21(39)16-27(29)45-3)13-14-23-28(24)33(42)37(31(23)40)20-11-9-18(36)10-12-20/h4-13,15-16,23-25,28,30,39H,14,17H2,1-3H3. The van der Waals surface area contributed by atoms with Gasteiger partial charge in [0.15, 0.2) is 0 Å². The third-order valence-corrected chi connectivity index (χ3v) is 10.7. The van der Waals surface area contributed by atoms with Gasteiger partial charge in [-0.3, -0.25) is 24.1 Å². The van der Waals surface area contributed by atoms with Crippen LogP contribution in [0, 0.1) is 29.1 Å². The first-order chi connectivity index (χ1) is 21.6. The molecule has 3 aromatic rings. The fourth-order valence-corrected chi connectivity index (χ4v) is 8.46. The number of phenols is 1. The van der Waals surface area contributed by atoms with Crippen LogP contribution in [-0.4, -0.2) is 43.0 Å². The van der Waals surface area contributed by atoms with Crippen LogP contribution in [0.3, 0.4) is 0 Å². The second-order valence-electron chi connectivity index (χ2n) is 12.2. The molecular weight excluding hydrogens is 640 g/mol. The number of hydrogen-bond acceptors (Lipinski definition) is 7. The lowest BCUT2D eigenvalue weighted by Gasteiger charge is -2.49. The van der Waals surface area contributed by atoms with Gasteiger partial charge in [-0.15, -0.1) is 0 Å². The van der Waals surface area contributed by atoms with Gasteiger partial charge in [0.2, 0.25) is 23.6 Å². The molecule has 3 aromatic carbocycles. The van der Waals surface area contributed by atoms with Crippen LogP contribution in [0.1, 0.15) is 31.2 Å². The maximum Gasteiger partial charge on any atom is 0.241 e. The number of imide groups is 2. The first-order valence-corrected chi connectivity index (χ1v) is 15.6. The van der Waals surface area contributed by atoms with E-state index in [1.165, 1.54) is 36.2 Å². The minimum absolute atomic E-state index is 0.0827. The van der Waals surface area contributed by atoms with Gasteiger partial charge < -0.3 is 14.6 Å². The lowest BCUT2D eigenvalue weighted by molar-refractivity contribution is -0.131. The Bertz CT molecular complexity index is 1760. The van der Waals surface area contributed by atoms with Crippen LogP contribution < -0.4 is 19.3 Å². The monoisotopic (exact) mass is 670 g/mol. The molecule has 2 aliphatic heterocycles. The number of carbonyl (C=O) groups is 4. The van der Waals surface area contributed by atoms with Crippen molar-refractivity contribution in [1.29, 1.82) is 0 Å². The summed E-state index contributed by atoms with van der Waals surface area (Å²) >= 11 is 3.41. The van der Waals surface area contributed by atoms with Gasteiger partial charge in [-0.05, 0) is 62.1 Å². The van der Waals surface area contributed by atoms with E-state index >= 15 is 0 Å². The summed E-state index contributed by atoms with van der Waals surface area (Å²) in [4.78, 5) is 59.5. The lowest BCUT2D eigenvalue weighted by Crippen LogP contribution is -2.49. The summed E-state index contributed by atoms with van der Waals surface area (Å²) in [6, 6.07) is 18.8. The molecule has 4 amide bonds. The van der Waals surface area contributed by atoms with E-state index in [2.05, 4.69) is 15.9 Å². The summed E-state index contributed by atoms with van der Waals surface area (Å²) in [6.45, 7) is 1.80. The highest BCUT2D eigenvalue weighted by molar-refractivity contribution is 9.10. The van der Waals surface area contributed by atoms with E-state index in [1.54, 1.807) is 55.5 Å². The van der Waals surface area contributed by atoms with Gasteiger partial charge in [0.05, 0.1) is 48.8 Å². The van der Waals surface area contributed by atoms with Gasteiger partial charge in [0, 0.05) is 28.1 Å². The van der Waals surface area contributed by atoms with E-state index in [9.17, 15) is 24.3 Å². The van der Waals surface area contributed by atoms with Crippen molar-refractivity contribution in [3.63, 3.8) is 0 Å². The van der Waals surface area contributed by atoms with Crippen LogP contribution in [0.15, 0.2) is 82.9 Å². The van der Waals surface area contributed by atoms with E-state index < -0.39 is 35.0 Å². The maximum absolute atomic E-state index is 14.6. The Hall–Kier alpha value is -4.44. The fraction of sp³-hybridized carbons (Fsp3) is 0.314. The minimum Gasteiger partial charge on any atom is -0.508 e. The fourth-order valence-electron chi connectivity index (χ4n) is 8.20. The van der Waals surface area contributed by atoms with Crippen molar-refractivity contribution in [2.75, 3.05) is 24.0 Å². The number of ether oxygens (including phenoxy) is 2. The molecule has 6 atom stereocenters. The highest BCUT2D eigenvalue weighted by atomic mass is 79.9. The van der Waals surface area contributed by atoms with Crippen molar-refractivity contribution in [3.8, 4) is 17.2 Å². The molecule has 230 valence electrons. The number of fused-ring (bicyclic) bond motifs is 4. The molecule has 2 aliphatic carbocycles. The molecule has 2 heterocycles. The molecule has 10 heteroatoms. The first-order valence-electron chi connectivity index (χ1n) is 14.8. The number of amides is 4. The van der Waals surface area contributed by atoms with Gasteiger partial charge in [-0.25, -0.2) is 4.90 Å². The lowest BCUT2D eigenvalue weighted by atomic mass is 9.51. The number of phenolic OH excluding ortho intramolecular Hbond substituents is 1. The average Bonchev–Trinajstić information content (AvgIpc) is 3.41. The normalized spacial score (nSPS) is 28.9. The van der Waals surface area contributed by atoms with Crippen molar-refractivity contribution in [3.05, 3.63) is 88.4 Å². The molecule has 0 spiro atoms. The van der Waals surface area contributed by atoms with Crippen LogP contribution in [0.4, 0.5) is 11.4 Å². The van der Waals surface area contributed by atoms with Crippen LogP contribution in [-0.2, 0) is 19.2 Å². The summed E-state index contributed by atoms with van der Waals surface area (Å²) in [5.74, 6) is -4.15. The third-order valence-electron chi connectivity index (χ3n) is 10.2.